The quantitative estimate of drug-likeness (QED) is 0.933. The summed E-state index contributed by atoms with van der Waals surface area (Å²) in [5.41, 5.74) is -0.409. The highest BCUT2D eigenvalue weighted by molar-refractivity contribution is 5.86. The number of carbonyl (C=O) groups is 1. The van der Waals surface area contributed by atoms with Crippen molar-refractivity contribution >= 4 is 5.97 Å². The number of methoxy groups -OCH3 is 1. The SMILES string of the molecule is COc1c(-c2cc(C(=O)O)no2)cccc1C(C)(F)F. The fraction of sp³-hybridized carbons (Fsp3) is 0.231. The minimum Gasteiger partial charge on any atom is -0.495 e. The summed E-state index contributed by atoms with van der Waals surface area (Å²) < 4.78 is 36.9. The predicted octanol–water partition coefficient (Wildman–Crippen LogP) is 3.16. The molecule has 0 unspecified atom stereocenters. The first-order chi connectivity index (χ1) is 9.34. The van der Waals surface area contributed by atoms with E-state index in [1.54, 1.807) is 0 Å². The average molecular weight is 283 g/mol. The number of alkyl halides is 2. The topological polar surface area (TPSA) is 72.6 Å². The van der Waals surface area contributed by atoms with E-state index >= 15 is 0 Å². The Balaban J connectivity index is 2.59. The highest BCUT2D eigenvalue weighted by atomic mass is 19.3. The van der Waals surface area contributed by atoms with E-state index < -0.39 is 11.9 Å². The van der Waals surface area contributed by atoms with Gasteiger partial charge < -0.3 is 14.4 Å². The Labute approximate surface area is 112 Å². The maximum absolute atomic E-state index is 13.5. The van der Waals surface area contributed by atoms with Crippen LogP contribution < -0.4 is 4.74 Å². The molecule has 2 rings (SSSR count). The zero-order valence-corrected chi connectivity index (χ0v) is 10.7. The summed E-state index contributed by atoms with van der Waals surface area (Å²) >= 11 is 0. The van der Waals surface area contributed by atoms with Crippen molar-refractivity contribution in [2.24, 2.45) is 0 Å². The van der Waals surface area contributed by atoms with Crippen LogP contribution in [0.3, 0.4) is 0 Å². The zero-order valence-electron chi connectivity index (χ0n) is 10.7. The van der Waals surface area contributed by atoms with Crippen molar-refractivity contribution in [3.8, 4) is 17.1 Å². The molecule has 0 aliphatic rings. The molecule has 7 heteroatoms. The van der Waals surface area contributed by atoms with E-state index in [1.807, 2.05) is 0 Å². The van der Waals surface area contributed by atoms with Gasteiger partial charge in [0.1, 0.15) is 5.75 Å². The Kier molecular flexibility index (Phi) is 3.44. The number of carboxylic acid groups (broad SMARTS) is 1. The van der Waals surface area contributed by atoms with Crippen LogP contribution >= 0.6 is 0 Å². The van der Waals surface area contributed by atoms with Crippen LogP contribution in [0.2, 0.25) is 0 Å². The lowest BCUT2D eigenvalue weighted by atomic mass is 10.0. The lowest BCUT2D eigenvalue weighted by Crippen LogP contribution is -2.09. The van der Waals surface area contributed by atoms with Crippen molar-refractivity contribution in [1.29, 1.82) is 0 Å². The van der Waals surface area contributed by atoms with E-state index in [0.29, 0.717) is 0 Å². The van der Waals surface area contributed by atoms with Crippen molar-refractivity contribution in [3.05, 3.63) is 35.5 Å². The second kappa shape index (κ2) is 4.92. The fourth-order valence-corrected chi connectivity index (χ4v) is 1.80. The van der Waals surface area contributed by atoms with Gasteiger partial charge in [0.15, 0.2) is 11.5 Å². The van der Waals surface area contributed by atoms with Crippen LogP contribution in [0.4, 0.5) is 8.78 Å². The van der Waals surface area contributed by atoms with Crippen molar-refractivity contribution < 1.29 is 27.9 Å². The van der Waals surface area contributed by atoms with Gasteiger partial charge in [-0.05, 0) is 12.1 Å². The van der Waals surface area contributed by atoms with Gasteiger partial charge in [0.05, 0.1) is 18.2 Å². The molecule has 1 aromatic carbocycles. The lowest BCUT2D eigenvalue weighted by Gasteiger charge is -2.16. The number of hydrogen-bond acceptors (Lipinski definition) is 4. The first-order valence-electron chi connectivity index (χ1n) is 5.60. The third kappa shape index (κ3) is 2.47. The van der Waals surface area contributed by atoms with Crippen LogP contribution in [0, 0.1) is 0 Å². The highest BCUT2D eigenvalue weighted by Crippen LogP contribution is 2.40. The molecular weight excluding hydrogens is 272 g/mol. The molecule has 1 N–H and O–H groups in total. The molecule has 0 saturated heterocycles. The number of para-hydroxylation sites is 1. The lowest BCUT2D eigenvalue weighted by molar-refractivity contribution is 0.0151. The summed E-state index contributed by atoms with van der Waals surface area (Å²) in [4.78, 5) is 10.8. The Morgan fingerprint density at radius 1 is 1.45 bits per heavy atom. The van der Waals surface area contributed by atoms with E-state index in [1.165, 1.54) is 25.3 Å². The summed E-state index contributed by atoms with van der Waals surface area (Å²) in [5.74, 6) is -4.40. The predicted molar refractivity (Wildman–Crippen MR) is 65.0 cm³/mol. The van der Waals surface area contributed by atoms with Gasteiger partial charge in [0.2, 0.25) is 0 Å². The van der Waals surface area contributed by atoms with Crippen molar-refractivity contribution in [2.75, 3.05) is 7.11 Å². The van der Waals surface area contributed by atoms with E-state index in [2.05, 4.69) is 5.16 Å². The highest BCUT2D eigenvalue weighted by Gasteiger charge is 2.30. The first kappa shape index (κ1) is 14.0. The molecule has 0 amide bonds. The second-order valence-corrected chi connectivity index (χ2v) is 4.16. The number of ether oxygens (including phenoxy) is 1. The molecule has 5 nitrogen and oxygen atoms in total. The van der Waals surface area contributed by atoms with E-state index in [9.17, 15) is 13.6 Å². The molecule has 0 fully saturated rings. The monoisotopic (exact) mass is 283 g/mol. The van der Waals surface area contributed by atoms with Crippen LogP contribution in [0.25, 0.3) is 11.3 Å². The Morgan fingerprint density at radius 3 is 2.65 bits per heavy atom. The molecule has 0 aliphatic carbocycles. The number of halogens is 2. The molecule has 0 bridgehead atoms. The molecule has 2 aromatic rings. The van der Waals surface area contributed by atoms with Gasteiger partial charge in [-0.25, -0.2) is 13.6 Å². The first-order valence-corrected chi connectivity index (χ1v) is 5.60. The van der Waals surface area contributed by atoms with Crippen LogP contribution in [-0.2, 0) is 5.92 Å². The Bertz CT molecular complexity index is 646. The minimum atomic E-state index is -3.10. The summed E-state index contributed by atoms with van der Waals surface area (Å²) in [6, 6.07) is 5.28. The summed E-state index contributed by atoms with van der Waals surface area (Å²) in [7, 11) is 1.25. The maximum atomic E-state index is 13.5. The number of nitrogens with zero attached hydrogens (tertiary/aromatic N) is 1. The standard InChI is InChI=1S/C13H11F2NO4/c1-13(14,15)8-5-3-4-7(11(8)19-2)10-6-9(12(17)18)16-20-10/h3-6H,1-2H3,(H,17,18). The molecule has 0 saturated carbocycles. The normalized spacial score (nSPS) is 11.4. The van der Waals surface area contributed by atoms with Crippen molar-refractivity contribution in [2.45, 2.75) is 12.8 Å². The third-order valence-electron chi connectivity index (χ3n) is 2.69. The zero-order chi connectivity index (χ0) is 14.9. The summed E-state index contributed by atoms with van der Waals surface area (Å²) in [5, 5.41) is 12.1. The van der Waals surface area contributed by atoms with E-state index in [-0.39, 0.29) is 28.3 Å². The third-order valence-corrected chi connectivity index (χ3v) is 2.69. The largest absolute Gasteiger partial charge is 0.495 e. The molecule has 0 spiro atoms. The Morgan fingerprint density at radius 2 is 2.15 bits per heavy atom. The second-order valence-electron chi connectivity index (χ2n) is 4.16. The number of rotatable bonds is 4. The fourth-order valence-electron chi connectivity index (χ4n) is 1.80. The molecular formula is C13H11F2NO4. The summed E-state index contributed by atoms with van der Waals surface area (Å²) in [6.07, 6.45) is 0. The van der Waals surface area contributed by atoms with Crippen LogP contribution in [0.15, 0.2) is 28.8 Å². The Hall–Kier alpha value is -2.44. The molecule has 1 aromatic heterocycles. The van der Waals surface area contributed by atoms with E-state index in [0.717, 1.165) is 13.0 Å². The molecule has 20 heavy (non-hydrogen) atoms. The number of aromatic nitrogens is 1. The van der Waals surface area contributed by atoms with Crippen LogP contribution in [0.1, 0.15) is 23.0 Å². The number of hydrogen-bond donors (Lipinski definition) is 1. The van der Waals surface area contributed by atoms with Crippen molar-refractivity contribution in [1.82, 2.24) is 5.16 Å². The molecule has 0 aliphatic heterocycles. The molecule has 0 atom stereocenters. The van der Waals surface area contributed by atoms with Gasteiger partial charge in [-0.1, -0.05) is 11.2 Å². The van der Waals surface area contributed by atoms with Gasteiger partial charge in [-0.2, -0.15) is 0 Å². The minimum absolute atomic E-state index is 0.0466. The van der Waals surface area contributed by atoms with Crippen molar-refractivity contribution in [3.63, 3.8) is 0 Å². The van der Waals surface area contributed by atoms with E-state index in [4.69, 9.17) is 14.4 Å². The van der Waals surface area contributed by atoms with Gasteiger partial charge in [0, 0.05) is 13.0 Å². The van der Waals surface area contributed by atoms with Gasteiger partial charge in [-0.15, -0.1) is 0 Å². The summed E-state index contributed by atoms with van der Waals surface area (Å²) in [6.45, 7) is 0.748. The molecule has 1 heterocycles. The average Bonchev–Trinajstić information content (AvgIpc) is 2.86. The number of aromatic carboxylic acids is 1. The molecule has 106 valence electrons. The van der Waals surface area contributed by atoms with Crippen LogP contribution in [0.5, 0.6) is 5.75 Å². The van der Waals surface area contributed by atoms with Gasteiger partial charge in [0.25, 0.3) is 5.92 Å². The smallest absolute Gasteiger partial charge is 0.358 e. The van der Waals surface area contributed by atoms with Gasteiger partial charge >= 0.3 is 5.97 Å². The number of benzene rings is 1. The van der Waals surface area contributed by atoms with Gasteiger partial charge in [-0.3, -0.25) is 0 Å². The number of carboxylic acids is 1. The molecule has 0 radical (unpaired) electrons. The maximum Gasteiger partial charge on any atom is 0.358 e. The van der Waals surface area contributed by atoms with Crippen LogP contribution in [-0.4, -0.2) is 23.3 Å².